The number of carbonyl (C=O) groups is 1. The Bertz CT molecular complexity index is 518. The third-order valence-electron chi connectivity index (χ3n) is 2.65. The lowest BCUT2D eigenvalue weighted by Crippen LogP contribution is -2.27. The number of hydrogen-bond acceptors (Lipinski definition) is 4. The maximum atomic E-state index is 11.9. The van der Waals surface area contributed by atoms with Crippen molar-refractivity contribution in [3.8, 4) is 0 Å². The smallest absolute Gasteiger partial charge is 0.334 e. The van der Waals surface area contributed by atoms with Crippen LogP contribution in [0.5, 0.6) is 0 Å². The normalized spacial score (nSPS) is 13.2. The molecule has 1 N–H and O–H groups in total. The molecule has 0 aromatic heterocycles. The number of aliphatic carboxylic acids is 1. The van der Waals surface area contributed by atoms with Gasteiger partial charge in [0.2, 0.25) is 0 Å². The highest BCUT2D eigenvalue weighted by atomic mass is 32.2. The number of hydrogen-bond donors (Lipinski definition) is 1. The molecule has 106 valence electrons. The van der Waals surface area contributed by atoms with Gasteiger partial charge >= 0.3 is 5.97 Å². The predicted molar refractivity (Wildman–Crippen MR) is 70.4 cm³/mol. The van der Waals surface area contributed by atoms with E-state index in [9.17, 15) is 13.2 Å². The van der Waals surface area contributed by atoms with Crippen molar-refractivity contribution in [3.05, 3.63) is 29.8 Å². The van der Waals surface area contributed by atoms with Gasteiger partial charge in [0.05, 0.1) is 4.90 Å². The lowest BCUT2D eigenvalue weighted by molar-refractivity contribution is -0.145. The summed E-state index contributed by atoms with van der Waals surface area (Å²) in [4.78, 5) is 11.0. The van der Waals surface area contributed by atoms with Gasteiger partial charge in [-0.15, -0.1) is 0 Å². The molecule has 6 heteroatoms. The highest BCUT2D eigenvalue weighted by Gasteiger charge is 2.26. The first-order chi connectivity index (χ1) is 8.86. The summed E-state index contributed by atoms with van der Waals surface area (Å²) in [5.74, 6) is -1.26. The van der Waals surface area contributed by atoms with E-state index >= 15 is 0 Å². The van der Waals surface area contributed by atoms with Crippen molar-refractivity contribution >= 4 is 16.1 Å². The van der Waals surface area contributed by atoms with Crippen molar-refractivity contribution in [2.45, 2.75) is 44.1 Å². The van der Waals surface area contributed by atoms with Crippen molar-refractivity contribution in [2.24, 2.45) is 0 Å². The topological polar surface area (TPSA) is 80.7 Å². The Morgan fingerprint density at radius 1 is 1.32 bits per heavy atom. The summed E-state index contributed by atoms with van der Waals surface area (Å²) >= 11 is 0. The van der Waals surface area contributed by atoms with Gasteiger partial charge in [-0.3, -0.25) is 4.18 Å². The Hall–Kier alpha value is -1.40. The molecule has 0 aliphatic heterocycles. The largest absolute Gasteiger partial charge is 0.479 e. The van der Waals surface area contributed by atoms with Gasteiger partial charge in [-0.2, -0.15) is 8.42 Å². The van der Waals surface area contributed by atoms with Crippen LogP contribution in [0.15, 0.2) is 29.2 Å². The van der Waals surface area contributed by atoms with Crippen molar-refractivity contribution in [2.75, 3.05) is 0 Å². The molecule has 0 radical (unpaired) electrons. The average molecular weight is 286 g/mol. The maximum absolute atomic E-state index is 11.9. The van der Waals surface area contributed by atoms with E-state index < -0.39 is 22.2 Å². The van der Waals surface area contributed by atoms with Crippen LogP contribution in [-0.2, 0) is 19.1 Å². The second-order valence-corrected chi connectivity index (χ2v) is 5.90. The van der Waals surface area contributed by atoms with E-state index in [1.807, 2.05) is 13.8 Å². The Labute approximate surface area is 113 Å². The maximum Gasteiger partial charge on any atom is 0.334 e. The number of carboxylic acids is 1. The van der Waals surface area contributed by atoms with E-state index in [4.69, 9.17) is 9.29 Å². The molecular formula is C13H18O5S. The molecule has 0 aliphatic carbocycles. The Balaban J connectivity index is 2.87. The zero-order valence-corrected chi connectivity index (χ0v) is 11.8. The molecule has 0 fully saturated rings. The van der Waals surface area contributed by atoms with Gasteiger partial charge in [0, 0.05) is 0 Å². The van der Waals surface area contributed by atoms with Crippen LogP contribution < -0.4 is 0 Å². The molecule has 0 amide bonds. The molecule has 0 spiro atoms. The van der Waals surface area contributed by atoms with Gasteiger partial charge in [0.15, 0.2) is 6.10 Å². The summed E-state index contributed by atoms with van der Waals surface area (Å²) in [5, 5.41) is 8.96. The van der Waals surface area contributed by atoms with E-state index in [-0.39, 0.29) is 11.3 Å². The molecule has 19 heavy (non-hydrogen) atoms. The summed E-state index contributed by atoms with van der Waals surface area (Å²) in [5.41, 5.74) is 0.916. The summed E-state index contributed by atoms with van der Waals surface area (Å²) < 4.78 is 28.7. The van der Waals surface area contributed by atoms with Gasteiger partial charge in [-0.1, -0.05) is 37.5 Å². The molecule has 0 aliphatic rings. The molecule has 0 saturated heterocycles. The van der Waals surface area contributed by atoms with Gasteiger partial charge in [-0.05, 0) is 25.5 Å². The summed E-state index contributed by atoms with van der Waals surface area (Å²) in [7, 11) is -4.03. The van der Waals surface area contributed by atoms with E-state index in [0.29, 0.717) is 6.42 Å². The zero-order chi connectivity index (χ0) is 14.5. The fourth-order valence-electron chi connectivity index (χ4n) is 1.52. The number of unbranched alkanes of at least 4 members (excludes halogenated alkanes) is 1. The molecule has 5 nitrogen and oxygen atoms in total. The van der Waals surface area contributed by atoms with E-state index in [0.717, 1.165) is 12.0 Å². The molecular weight excluding hydrogens is 268 g/mol. The van der Waals surface area contributed by atoms with Crippen LogP contribution in [0.3, 0.4) is 0 Å². The number of aryl methyl sites for hydroxylation is 1. The molecule has 0 saturated carbocycles. The highest BCUT2D eigenvalue weighted by Crippen LogP contribution is 2.17. The lowest BCUT2D eigenvalue weighted by atomic mass is 10.2. The monoisotopic (exact) mass is 286 g/mol. The molecule has 1 aromatic rings. The predicted octanol–water partition coefficient (Wildman–Crippen LogP) is 2.34. The van der Waals surface area contributed by atoms with Crippen molar-refractivity contribution < 1.29 is 22.5 Å². The van der Waals surface area contributed by atoms with Crippen LogP contribution in [0.2, 0.25) is 0 Å². The Morgan fingerprint density at radius 2 is 1.89 bits per heavy atom. The standard InChI is InChI=1S/C13H18O5S/c1-3-4-5-12(13(14)15)18-19(16,17)11-8-6-10(2)7-9-11/h6-9,12H,3-5H2,1-2H3,(H,14,15)/t12-/m1/s1. The summed E-state index contributed by atoms with van der Waals surface area (Å²) in [6, 6.07) is 6.09. The fourth-order valence-corrected chi connectivity index (χ4v) is 2.58. The lowest BCUT2D eigenvalue weighted by Gasteiger charge is -2.13. The Morgan fingerprint density at radius 3 is 2.37 bits per heavy atom. The molecule has 1 rings (SSSR count). The molecule has 0 heterocycles. The summed E-state index contributed by atoms with van der Waals surface area (Å²) in [6.07, 6.45) is 0.223. The molecule has 0 bridgehead atoms. The quantitative estimate of drug-likeness (QED) is 0.778. The van der Waals surface area contributed by atoms with Gasteiger partial charge in [0.1, 0.15) is 0 Å². The number of carboxylic acid groups (broad SMARTS) is 1. The second-order valence-electron chi connectivity index (χ2n) is 4.33. The van der Waals surface area contributed by atoms with Crippen LogP contribution in [0, 0.1) is 6.92 Å². The number of benzene rings is 1. The van der Waals surface area contributed by atoms with E-state index in [1.165, 1.54) is 12.1 Å². The molecule has 0 unspecified atom stereocenters. The van der Waals surface area contributed by atoms with Gasteiger partial charge in [-0.25, -0.2) is 4.79 Å². The second kappa shape index (κ2) is 6.68. The Kier molecular flexibility index (Phi) is 5.50. The van der Waals surface area contributed by atoms with Crippen LogP contribution in [0.4, 0.5) is 0 Å². The van der Waals surface area contributed by atoms with Crippen LogP contribution >= 0.6 is 0 Å². The van der Waals surface area contributed by atoms with Crippen LogP contribution in [0.25, 0.3) is 0 Å². The minimum atomic E-state index is -4.03. The number of rotatable bonds is 7. The van der Waals surface area contributed by atoms with Gasteiger partial charge < -0.3 is 5.11 Å². The first kappa shape index (κ1) is 15.7. The minimum Gasteiger partial charge on any atom is -0.479 e. The van der Waals surface area contributed by atoms with Gasteiger partial charge in [0.25, 0.3) is 10.1 Å². The summed E-state index contributed by atoms with van der Waals surface area (Å²) in [6.45, 7) is 3.73. The molecule has 1 aromatic carbocycles. The van der Waals surface area contributed by atoms with Crippen molar-refractivity contribution in [3.63, 3.8) is 0 Å². The van der Waals surface area contributed by atoms with Crippen LogP contribution in [0.1, 0.15) is 31.7 Å². The first-order valence-electron chi connectivity index (χ1n) is 6.09. The van der Waals surface area contributed by atoms with Crippen molar-refractivity contribution in [1.29, 1.82) is 0 Å². The highest BCUT2D eigenvalue weighted by molar-refractivity contribution is 7.86. The van der Waals surface area contributed by atoms with E-state index in [2.05, 4.69) is 0 Å². The van der Waals surface area contributed by atoms with Crippen LogP contribution in [-0.4, -0.2) is 25.6 Å². The fraction of sp³-hybridized carbons (Fsp3) is 0.462. The minimum absolute atomic E-state index is 0.0270. The van der Waals surface area contributed by atoms with Crippen molar-refractivity contribution in [1.82, 2.24) is 0 Å². The third-order valence-corrected chi connectivity index (χ3v) is 3.98. The first-order valence-corrected chi connectivity index (χ1v) is 7.50. The SMILES string of the molecule is CCCC[C@@H](OS(=O)(=O)c1ccc(C)cc1)C(=O)O. The molecule has 1 atom stereocenters. The third kappa shape index (κ3) is 4.65. The zero-order valence-electron chi connectivity index (χ0n) is 11.0. The van der Waals surface area contributed by atoms with E-state index in [1.54, 1.807) is 12.1 Å². The average Bonchev–Trinajstić information content (AvgIpc) is 2.34.